The van der Waals surface area contributed by atoms with E-state index in [1.165, 1.54) is 13.0 Å². The van der Waals surface area contributed by atoms with Gasteiger partial charge in [-0.2, -0.15) is 0 Å². The molecule has 0 aliphatic carbocycles. The molecule has 0 aromatic rings. The Labute approximate surface area is 36.6 Å². The molecule has 0 saturated heterocycles. The van der Waals surface area contributed by atoms with Crippen molar-refractivity contribution in [2.75, 3.05) is 0 Å². The number of hydrogen-bond donors (Lipinski definition) is 2. The van der Waals surface area contributed by atoms with E-state index in [2.05, 4.69) is 0 Å². The first-order valence-electron chi connectivity index (χ1n) is 1.63. The maximum absolute atomic E-state index is 8.26. The molecule has 0 atom stereocenters. The monoisotopic (exact) mass is 85.1 g/mol. The third kappa shape index (κ3) is 3.21. The second kappa shape index (κ2) is 2.45. The van der Waals surface area contributed by atoms with Crippen LogP contribution in [0.2, 0.25) is 0 Å². The van der Waals surface area contributed by atoms with Crippen molar-refractivity contribution in [2.24, 2.45) is 0 Å². The minimum atomic E-state index is 0.171. The minimum Gasteiger partial charge on any atom is -0.513 e. The first-order chi connectivity index (χ1) is 2.77. The number of hydrogen-bond acceptors (Lipinski definition) is 2. The summed E-state index contributed by atoms with van der Waals surface area (Å²) in [6.07, 6.45) is 2.34. The van der Waals surface area contributed by atoms with Crippen LogP contribution >= 0.6 is 0 Å². The summed E-state index contributed by atoms with van der Waals surface area (Å²) in [6, 6.07) is 0. The quantitative estimate of drug-likeness (QED) is 0.363. The molecule has 0 radical (unpaired) electrons. The Morgan fingerprint density at radius 3 is 2.33 bits per heavy atom. The zero-order valence-corrected chi connectivity index (χ0v) is 3.60. The van der Waals surface area contributed by atoms with Gasteiger partial charge in [0.2, 0.25) is 0 Å². The van der Waals surface area contributed by atoms with Crippen LogP contribution < -0.4 is 0 Å². The standard InChI is InChI=1S/C4H7NO/c1-4(6)2-3-5/h2-3,5-6H,1H3/b4-2-,5-3?. The van der Waals surface area contributed by atoms with Gasteiger partial charge in [0.25, 0.3) is 0 Å². The van der Waals surface area contributed by atoms with Gasteiger partial charge in [0.1, 0.15) is 0 Å². The van der Waals surface area contributed by atoms with Crippen LogP contribution in [0.15, 0.2) is 11.8 Å². The smallest absolute Gasteiger partial charge is 0.0906 e. The fraction of sp³-hybridized carbons (Fsp3) is 0.250. The molecule has 0 aromatic carbocycles. The van der Waals surface area contributed by atoms with Crippen LogP contribution in [0.5, 0.6) is 0 Å². The maximum atomic E-state index is 8.26. The normalized spacial score (nSPS) is 11.2. The summed E-state index contributed by atoms with van der Waals surface area (Å²) in [5, 5.41) is 14.6. The highest BCUT2D eigenvalue weighted by molar-refractivity contribution is 5.67. The van der Waals surface area contributed by atoms with Crippen molar-refractivity contribution >= 4 is 6.21 Å². The van der Waals surface area contributed by atoms with Crippen molar-refractivity contribution in [3.63, 3.8) is 0 Å². The summed E-state index contributed by atoms with van der Waals surface area (Å²) in [6.45, 7) is 1.52. The molecule has 0 unspecified atom stereocenters. The number of nitrogens with one attached hydrogen (secondary N) is 1. The number of rotatable bonds is 1. The molecular weight excluding hydrogens is 78.0 g/mol. The van der Waals surface area contributed by atoms with Crippen LogP contribution in [0, 0.1) is 5.41 Å². The topological polar surface area (TPSA) is 44.1 Å². The minimum absolute atomic E-state index is 0.171. The van der Waals surface area contributed by atoms with E-state index in [4.69, 9.17) is 10.5 Å². The fourth-order valence-corrected chi connectivity index (χ4v) is 0.121. The Morgan fingerprint density at radius 2 is 2.33 bits per heavy atom. The van der Waals surface area contributed by atoms with E-state index in [0.29, 0.717) is 0 Å². The molecule has 0 rings (SSSR count). The molecule has 2 N–H and O–H groups in total. The lowest BCUT2D eigenvalue weighted by Crippen LogP contribution is -1.67. The number of allylic oxidation sites excluding steroid dienone is 2. The van der Waals surface area contributed by atoms with Crippen molar-refractivity contribution < 1.29 is 5.11 Å². The first-order valence-corrected chi connectivity index (χ1v) is 1.63. The fourth-order valence-electron chi connectivity index (χ4n) is 0.121. The van der Waals surface area contributed by atoms with Gasteiger partial charge in [-0.1, -0.05) is 0 Å². The van der Waals surface area contributed by atoms with Crippen LogP contribution in [0.1, 0.15) is 6.92 Å². The van der Waals surface area contributed by atoms with Crippen LogP contribution in [-0.4, -0.2) is 11.3 Å². The van der Waals surface area contributed by atoms with Gasteiger partial charge < -0.3 is 10.5 Å². The summed E-state index contributed by atoms with van der Waals surface area (Å²) >= 11 is 0. The van der Waals surface area contributed by atoms with Gasteiger partial charge in [0, 0.05) is 6.21 Å². The molecule has 6 heavy (non-hydrogen) atoms. The lowest BCUT2D eigenvalue weighted by atomic mass is 10.5. The highest BCUT2D eigenvalue weighted by Crippen LogP contribution is 1.76. The molecule has 0 aliphatic heterocycles. The molecule has 0 aromatic heterocycles. The average Bonchev–Trinajstić information content (AvgIpc) is 1.35. The molecule has 0 amide bonds. The molecule has 0 bridgehead atoms. The SMILES string of the molecule is C/C(O)=C/C=N. The Morgan fingerprint density at radius 1 is 1.83 bits per heavy atom. The van der Waals surface area contributed by atoms with Crippen LogP contribution in [0.4, 0.5) is 0 Å². The van der Waals surface area contributed by atoms with E-state index >= 15 is 0 Å². The van der Waals surface area contributed by atoms with E-state index < -0.39 is 0 Å². The lowest BCUT2D eigenvalue weighted by molar-refractivity contribution is 0.415. The highest BCUT2D eigenvalue weighted by Gasteiger charge is 1.67. The molecule has 34 valence electrons. The van der Waals surface area contributed by atoms with Crippen LogP contribution in [0.25, 0.3) is 0 Å². The summed E-state index contributed by atoms with van der Waals surface area (Å²) < 4.78 is 0. The van der Waals surface area contributed by atoms with E-state index in [-0.39, 0.29) is 5.76 Å². The van der Waals surface area contributed by atoms with E-state index in [1.807, 2.05) is 0 Å². The summed E-state index contributed by atoms with van der Waals surface area (Å²) in [4.78, 5) is 0. The molecule has 0 saturated carbocycles. The van der Waals surface area contributed by atoms with Crippen molar-refractivity contribution in [3.8, 4) is 0 Å². The van der Waals surface area contributed by atoms with Gasteiger partial charge in [-0.25, -0.2) is 0 Å². The van der Waals surface area contributed by atoms with Gasteiger partial charge in [-0.05, 0) is 13.0 Å². The largest absolute Gasteiger partial charge is 0.513 e. The molecule has 0 aliphatic rings. The second-order valence-corrected chi connectivity index (χ2v) is 0.975. The van der Waals surface area contributed by atoms with E-state index in [9.17, 15) is 0 Å². The maximum Gasteiger partial charge on any atom is 0.0906 e. The Hall–Kier alpha value is -0.790. The third-order valence-corrected chi connectivity index (χ3v) is 0.325. The van der Waals surface area contributed by atoms with Crippen molar-refractivity contribution in [3.05, 3.63) is 11.8 Å². The predicted molar refractivity (Wildman–Crippen MR) is 25.2 cm³/mol. The van der Waals surface area contributed by atoms with Crippen molar-refractivity contribution in [1.82, 2.24) is 0 Å². The van der Waals surface area contributed by atoms with Crippen LogP contribution in [-0.2, 0) is 0 Å². The Bertz CT molecular complexity index is 71.6. The number of aliphatic hydroxyl groups excluding tert-OH is 1. The number of aliphatic hydroxyl groups is 1. The average molecular weight is 85.1 g/mol. The van der Waals surface area contributed by atoms with Crippen molar-refractivity contribution in [2.45, 2.75) is 6.92 Å². The lowest BCUT2D eigenvalue weighted by Gasteiger charge is -1.76. The van der Waals surface area contributed by atoms with E-state index in [0.717, 1.165) is 6.21 Å². The van der Waals surface area contributed by atoms with Gasteiger partial charge in [-0.3, -0.25) is 0 Å². The second-order valence-electron chi connectivity index (χ2n) is 0.975. The zero-order valence-electron chi connectivity index (χ0n) is 3.60. The predicted octanol–water partition coefficient (Wildman–Crippen LogP) is 1.10. The third-order valence-electron chi connectivity index (χ3n) is 0.325. The molecule has 2 heteroatoms. The van der Waals surface area contributed by atoms with Gasteiger partial charge in [0.15, 0.2) is 0 Å². The van der Waals surface area contributed by atoms with Gasteiger partial charge >= 0.3 is 0 Å². The van der Waals surface area contributed by atoms with E-state index in [1.54, 1.807) is 0 Å². The Balaban J connectivity index is 3.41. The van der Waals surface area contributed by atoms with Gasteiger partial charge in [0.05, 0.1) is 5.76 Å². The first kappa shape index (κ1) is 5.21. The highest BCUT2D eigenvalue weighted by atomic mass is 16.3. The van der Waals surface area contributed by atoms with Crippen LogP contribution in [0.3, 0.4) is 0 Å². The van der Waals surface area contributed by atoms with Gasteiger partial charge in [-0.15, -0.1) is 0 Å². The van der Waals surface area contributed by atoms with Crippen molar-refractivity contribution in [1.29, 1.82) is 5.41 Å². The summed E-state index contributed by atoms with van der Waals surface area (Å²) in [5.41, 5.74) is 0. The summed E-state index contributed by atoms with van der Waals surface area (Å²) in [5.74, 6) is 0.171. The molecule has 0 fully saturated rings. The molecular formula is C4H7NO. The molecule has 0 spiro atoms. The Kier molecular flexibility index (Phi) is 2.13. The zero-order chi connectivity index (χ0) is 4.99. The molecule has 0 heterocycles. The molecule has 2 nitrogen and oxygen atoms in total. The summed E-state index contributed by atoms with van der Waals surface area (Å²) in [7, 11) is 0.